The molecule has 2 heterocycles. The normalized spacial score (nSPS) is 11.8. The van der Waals surface area contributed by atoms with Crippen molar-refractivity contribution >= 4 is 66.7 Å². The average Bonchev–Trinajstić information content (AvgIpc) is 3.71. The van der Waals surface area contributed by atoms with E-state index in [4.69, 9.17) is 0 Å². The molecule has 0 unspecified atom stereocenters. The largest absolute Gasteiger partial charge is 0.344 e. The minimum Gasteiger partial charge on any atom is -0.344 e. The van der Waals surface area contributed by atoms with Crippen LogP contribution in [0.1, 0.15) is 72.3 Å². The number of hydrogen-bond donors (Lipinski definition) is 0. The summed E-state index contributed by atoms with van der Waals surface area (Å²) in [5.74, 6) is 0. The smallest absolute Gasteiger partial charge is 0.243 e. The highest BCUT2D eigenvalue weighted by Gasteiger charge is 2.36. The highest BCUT2D eigenvalue weighted by atomic mass is 14.9. The third-order valence-electron chi connectivity index (χ3n) is 15.4. The van der Waals surface area contributed by atoms with Gasteiger partial charge in [0.15, 0.2) is 0 Å². The van der Waals surface area contributed by atoms with E-state index in [1.54, 1.807) is 0 Å². The first-order chi connectivity index (χ1) is 29.1. The molecule has 0 N–H and O–H groups in total. The molecule has 0 aliphatic heterocycles. The van der Waals surface area contributed by atoms with Crippen molar-refractivity contribution in [2.75, 3.05) is 0 Å². The van der Waals surface area contributed by atoms with Gasteiger partial charge < -0.3 is 9.13 Å². The lowest BCUT2D eigenvalue weighted by Crippen LogP contribution is -2.58. The molecule has 0 atom stereocenters. The predicted octanol–water partition coefficient (Wildman–Crippen LogP) is 12.4. The quantitative estimate of drug-likeness (QED) is 0.160. The summed E-state index contributed by atoms with van der Waals surface area (Å²) in [5, 5.41) is 15.6. The zero-order valence-electron chi connectivity index (χ0n) is 38.5. The lowest BCUT2D eigenvalue weighted by Gasteiger charge is -2.32. The molecule has 7 aromatic carbocycles. The van der Waals surface area contributed by atoms with Crippen molar-refractivity contribution in [1.29, 1.82) is 5.26 Å². The molecule has 0 aliphatic carbocycles. The van der Waals surface area contributed by atoms with Gasteiger partial charge in [0.1, 0.15) is 0 Å². The third-order valence-corrected chi connectivity index (χ3v) is 15.4. The Morgan fingerprint density at radius 3 is 1.03 bits per heavy atom. The summed E-state index contributed by atoms with van der Waals surface area (Å²) in [4.78, 5) is 0. The Bertz CT molecular complexity index is 3140. The van der Waals surface area contributed by atoms with Crippen molar-refractivity contribution in [3.63, 3.8) is 0 Å². The summed E-state index contributed by atoms with van der Waals surface area (Å²) in [5.41, 5.74) is 30.3. The Labute approximate surface area is 362 Å². The van der Waals surface area contributed by atoms with E-state index < -0.39 is 0 Å². The van der Waals surface area contributed by atoms with Crippen LogP contribution < -0.4 is 16.4 Å². The maximum absolute atomic E-state index is 10.4. The number of hydrogen-bond acceptors (Lipinski definition) is 1. The first-order valence-corrected chi connectivity index (χ1v) is 21.8. The number of aryl methyl sites for hydroxylation is 2. The zero-order chi connectivity index (χ0) is 43.5. The molecule has 3 nitrogen and oxygen atoms in total. The standard InChI is InChI=1S/C57H56BN3/c1-30-36(7)55(37(8)31(2)48(30)29-59)58(56-38(9)32(3)53(33(4)39(56)10)42-23-25-51-46(27-42)44-19-15-17-21-49(44)60(51)13)57-40(11)34(5)54(35(6)41(57)12)43-24-26-52-47(28-43)45-20-16-18-22-50(45)61(52)14/h15-28H,1-14H3. The number of para-hydroxylation sites is 2. The van der Waals surface area contributed by atoms with E-state index in [-0.39, 0.29) is 6.71 Å². The van der Waals surface area contributed by atoms with Crippen LogP contribution in [0.25, 0.3) is 65.9 Å². The molecule has 0 aliphatic rings. The zero-order valence-corrected chi connectivity index (χ0v) is 38.5. The Morgan fingerprint density at radius 2 is 0.689 bits per heavy atom. The average molecular weight is 794 g/mol. The summed E-state index contributed by atoms with van der Waals surface area (Å²) < 4.78 is 4.62. The van der Waals surface area contributed by atoms with Crippen LogP contribution in [0, 0.1) is 94.4 Å². The fourth-order valence-corrected chi connectivity index (χ4v) is 11.4. The molecule has 0 bridgehead atoms. The minimum atomic E-state index is -0.0378. The maximum atomic E-state index is 10.4. The molecule has 9 rings (SSSR count). The summed E-state index contributed by atoms with van der Waals surface area (Å²) in [6, 6.07) is 34.1. The van der Waals surface area contributed by atoms with E-state index in [0.29, 0.717) is 0 Å². The van der Waals surface area contributed by atoms with Crippen LogP contribution >= 0.6 is 0 Å². The van der Waals surface area contributed by atoms with Crippen molar-refractivity contribution in [2.24, 2.45) is 14.1 Å². The molecule has 9 aromatic rings. The third kappa shape index (κ3) is 5.63. The molecular weight excluding hydrogens is 737 g/mol. The Balaban J connectivity index is 1.32. The van der Waals surface area contributed by atoms with Crippen molar-refractivity contribution in [1.82, 2.24) is 9.13 Å². The van der Waals surface area contributed by atoms with Gasteiger partial charge in [-0.3, -0.25) is 0 Å². The van der Waals surface area contributed by atoms with Gasteiger partial charge in [0.2, 0.25) is 6.71 Å². The van der Waals surface area contributed by atoms with Gasteiger partial charge in [-0.15, -0.1) is 0 Å². The van der Waals surface area contributed by atoms with Crippen molar-refractivity contribution in [2.45, 2.75) is 83.1 Å². The minimum absolute atomic E-state index is 0.0378. The van der Waals surface area contributed by atoms with Crippen molar-refractivity contribution < 1.29 is 0 Å². The molecular formula is C57H56BN3. The molecule has 2 aromatic heterocycles. The number of nitrogens with zero attached hydrogens (tertiary/aromatic N) is 3. The van der Waals surface area contributed by atoms with Crippen molar-refractivity contribution in [3.8, 4) is 28.3 Å². The van der Waals surface area contributed by atoms with Crippen LogP contribution in [-0.2, 0) is 14.1 Å². The van der Waals surface area contributed by atoms with Gasteiger partial charge in [-0.05, 0) is 175 Å². The van der Waals surface area contributed by atoms with Crippen LogP contribution in [0.5, 0.6) is 0 Å². The van der Waals surface area contributed by atoms with E-state index in [2.05, 4.69) is 197 Å². The van der Waals surface area contributed by atoms with Gasteiger partial charge in [0.25, 0.3) is 0 Å². The maximum Gasteiger partial charge on any atom is 0.243 e. The Kier molecular flexibility index (Phi) is 9.48. The predicted molar refractivity (Wildman–Crippen MR) is 264 cm³/mol. The number of nitriles is 1. The second-order valence-corrected chi connectivity index (χ2v) is 18.0. The second kappa shape index (κ2) is 14.4. The molecule has 61 heavy (non-hydrogen) atoms. The number of aromatic nitrogens is 2. The molecule has 0 amide bonds. The van der Waals surface area contributed by atoms with Gasteiger partial charge >= 0.3 is 0 Å². The van der Waals surface area contributed by atoms with Gasteiger partial charge in [-0.2, -0.15) is 5.26 Å². The topological polar surface area (TPSA) is 33.6 Å². The highest BCUT2D eigenvalue weighted by molar-refractivity contribution is 6.97. The lowest BCUT2D eigenvalue weighted by molar-refractivity contribution is 1.01. The van der Waals surface area contributed by atoms with E-state index >= 15 is 0 Å². The fraction of sp³-hybridized carbons (Fsp3) is 0.246. The SMILES string of the molecule is Cc1c(C)c(B(c2c(C)c(C)c(-c3ccc4c(c3)c3ccccc3n4C)c(C)c2C)c2c(C)c(C)c(-c3ccc4c(c3)c3ccccc3n4C)c(C)c2C)c(C)c(C)c1C#N. The number of rotatable bonds is 5. The van der Waals surface area contributed by atoms with Crippen molar-refractivity contribution in [3.05, 3.63) is 157 Å². The first kappa shape index (κ1) is 40.1. The van der Waals surface area contributed by atoms with E-state index in [0.717, 1.165) is 16.7 Å². The molecule has 0 radical (unpaired) electrons. The molecule has 0 fully saturated rings. The molecule has 0 saturated carbocycles. The van der Waals surface area contributed by atoms with E-state index in [1.165, 1.54) is 138 Å². The summed E-state index contributed by atoms with van der Waals surface area (Å²) in [7, 11) is 4.34. The summed E-state index contributed by atoms with van der Waals surface area (Å²) in [6.07, 6.45) is 0. The molecule has 0 saturated heterocycles. The monoisotopic (exact) mass is 793 g/mol. The highest BCUT2D eigenvalue weighted by Crippen LogP contribution is 2.39. The second-order valence-electron chi connectivity index (χ2n) is 18.0. The summed E-state index contributed by atoms with van der Waals surface area (Å²) >= 11 is 0. The summed E-state index contributed by atoms with van der Waals surface area (Å²) in [6.45, 7) is 27.5. The fourth-order valence-electron chi connectivity index (χ4n) is 11.4. The van der Waals surface area contributed by atoms with Crippen LogP contribution in [-0.4, -0.2) is 15.8 Å². The Morgan fingerprint density at radius 1 is 0.377 bits per heavy atom. The van der Waals surface area contributed by atoms with Gasteiger partial charge in [-0.1, -0.05) is 98.3 Å². The van der Waals surface area contributed by atoms with Gasteiger partial charge in [-0.25, -0.2) is 0 Å². The van der Waals surface area contributed by atoms with E-state index in [9.17, 15) is 5.26 Å². The number of benzene rings is 7. The Hall–Kier alpha value is -6.31. The van der Waals surface area contributed by atoms with E-state index in [1.807, 2.05) is 0 Å². The first-order valence-electron chi connectivity index (χ1n) is 21.8. The van der Waals surface area contributed by atoms with Gasteiger partial charge in [0.05, 0.1) is 11.6 Å². The van der Waals surface area contributed by atoms with Crippen LogP contribution in [0.2, 0.25) is 0 Å². The van der Waals surface area contributed by atoms with Crippen LogP contribution in [0.15, 0.2) is 84.9 Å². The van der Waals surface area contributed by atoms with Crippen LogP contribution in [0.3, 0.4) is 0 Å². The molecule has 302 valence electrons. The molecule has 4 heteroatoms. The number of fused-ring (bicyclic) bond motifs is 6. The van der Waals surface area contributed by atoms with Crippen LogP contribution in [0.4, 0.5) is 0 Å². The van der Waals surface area contributed by atoms with Gasteiger partial charge in [0, 0.05) is 57.7 Å². The molecule has 0 spiro atoms. The lowest BCUT2D eigenvalue weighted by atomic mass is 9.32.